The topological polar surface area (TPSA) is 60.7 Å². The Morgan fingerprint density at radius 2 is 1.21 bits per heavy atom. The van der Waals surface area contributed by atoms with Crippen molar-refractivity contribution in [2.75, 3.05) is 0 Å². The molecule has 0 aliphatic heterocycles. The molecule has 3 aromatic rings. The van der Waals surface area contributed by atoms with Gasteiger partial charge < -0.3 is 4.42 Å². The second-order valence-electron chi connectivity index (χ2n) is 3.75. The summed E-state index contributed by atoms with van der Waals surface area (Å²) in [5.74, 6) is 0. The molecule has 3 heteroatoms. The molecule has 0 amide bonds. The van der Waals surface area contributed by atoms with Crippen LogP contribution in [0.5, 0.6) is 0 Å². The van der Waals surface area contributed by atoms with Gasteiger partial charge in [-0.25, -0.2) is 0 Å². The molecule has 0 fully saturated rings. The zero-order valence-corrected chi connectivity index (χ0v) is 10.8. The molecule has 0 bridgehead atoms. The van der Waals surface area contributed by atoms with E-state index >= 15 is 0 Å². The SMILES string of the molecule is CC.N#Cc1ccc2oc3ccc(C#N)cc3c2c1. The van der Waals surface area contributed by atoms with Crippen LogP contribution in [-0.2, 0) is 0 Å². The number of rotatable bonds is 0. The predicted octanol–water partition coefficient (Wildman–Crippen LogP) is 4.36. The first-order chi connectivity index (χ1) is 9.31. The highest BCUT2D eigenvalue weighted by Crippen LogP contribution is 2.29. The Bertz CT molecular complexity index is 748. The van der Waals surface area contributed by atoms with Gasteiger partial charge >= 0.3 is 0 Å². The Balaban J connectivity index is 0.000000637. The average molecular weight is 248 g/mol. The standard InChI is InChI=1S/C14H6N2O.C2H6/c15-7-9-1-3-13-11(5-9)12-6-10(8-16)2-4-14(12)17-13;1-2/h1-6H;1-2H3. The lowest BCUT2D eigenvalue weighted by Crippen LogP contribution is -1.74. The summed E-state index contributed by atoms with van der Waals surface area (Å²) in [5, 5.41) is 19.5. The molecule has 0 unspecified atom stereocenters. The third-order valence-corrected chi connectivity index (χ3v) is 2.73. The van der Waals surface area contributed by atoms with Crippen LogP contribution in [0.1, 0.15) is 25.0 Å². The van der Waals surface area contributed by atoms with Gasteiger partial charge in [-0.2, -0.15) is 10.5 Å². The maximum atomic E-state index is 8.87. The van der Waals surface area contributed by atoms with Crippen LogP contribution in [0.25, 0.3) is 21.9 Å². The quantitative estimate of drug-likeness (QED) is 0.594. The normalized spacial score (nSPS) is 9.47. The van der Waals surface area contributed by atoms with E-state index in [1.54, 1.807) is 36.4 Å². The molecular formula is C16H12N2O. The van der Waals surface area contributed by atoms with E-state index in [1.165, 1.54) is 0 Å². The molecule has 3 rings (SSSR count). The van der Waals surface area contributed by atoms with Crippen LogP contribution in [0.4, 0.5) is 0 Å². The minimum atomic E-state index is 0.586. The monoisotopic (exact) mass is 248 g/mol. The summed E-state index contributed by atoms with van der Waals surface area (Å²) in [5.41, 5.74) is 2.63. The number of hydrogen-bond acceptors (Lipinski definition) is 3. The highest BCUT2D eigenvalue weighted by atomic mass is 16.3. The second kappa shape index (κ2) is 5.25. The summed E-state index contributed by atoms with van der Waals surface area (Å²) < 4.78 is 5.63. The van der Waals surface area contributed by atoms with E-state index in [-0.39, 0.29) is 0 Å². The summed E-state index contributed by atoms with van der Waals surface area (Å²) in [4.78, 5) is 0. The number of benzene rings is 2. The Morgan fingerprint density at radius 1 is 0.789 bits per heavy atom. The summed E-state index contributed by atoms with van der Waals surface area (Å²) in [6.45, 7) is 4.00. The number of fused-ring (bicyclic) bond motifs is 3. The molecule has 19 heavy (non-hydrogen) atoms. The van der Waals surface area contributed by atoms with Crippen LogP contribution in [0.2, 0.25) is 0 Å². The molecule has 0 saturated heterocycles. The van der Waals surface area contributed by atoms with Crippen molar-refractivity contribution in [1.29, 1.82) is 10.5 Å². The van der Waals surface area contributed by atoms with Gasteiger partial charge in [0.15, 0.2) is 0 Å². The summed E-state index contributed by atoms with van der Waals surface area (Å²) in [6, 6.07) is 14.7. The Labute approximate surface area is 111 Å². The Morgan fingerprint density at radius 3 is 1.58 bits per heavy atom. The molecule has 0 N–H and O–H groups in total. The highest BCUT2D eigenvalue weighted by Gasteiger charge is 2.08. The van der Waals surface area contributed by atoms with E-state index in [1.807, 2.05) is 13.8 Å². The molecule has 92 valence electrons. The van der Waals surface area contributed by atoms with Crippen molar-refractivity contribution in [3.05, 3.63) is 47.5 Å². The van der Waals surface area contributed by atoms with Crippen molar-refractivity contribution in [1.82, 2.24) is 0 Å². The van der Waals surface area contributed by atoms with Crippen molar-refractivity contribution >= 4 is 21.9 Å². The lowest BCUT2D eigenvalue weighted by atomic mass is 10.1. The summed E-state index contributed by atoms with van der Waals surface area (Å²) in [7, 11) is 0. The first-order valence-corrected chi connectivity index (χ1v) is 6.08. The maximum absolute atomic E-state index is 8.87. The van der Waals surface area contributed by atoms with E-state index < -0.39 is 0 Å². The fourth-order valence-corrected chi connectivity index (χ4v) is 1.92. The lowest BCUT2D eigenvalue weighted by Gasteiger charge is -1.91. The van der Waals surface area contributed by atoms with Gasteiger partial charge in [0.2, 0.25) is 0 Å². The van der Waals surface area contributed by atoms with Crippen molar-refractivity contribution in [2.24, 2.45) is 0 Å². The summed E-state index contributed by atoms with van der Waals surface area (Å²) in [6.07, 6.45) is 0. The van der Waals surface area contributed by atoms with Gasteiger partial charge in [-0.15, -0.1) is 0 Å². The molecule has 3 nitrogen and oxygen atoms in total. The number of nitrogens with zero attached hydrogens (tertiary/aromatic N) is 2. The van der Waals surface area contributed by atoms with Crippen molar-refractivity contribution < 1.29 is 4.42 Å². The van der Waals surface area contributed by atoms with Crippen molar-refractivity contribution in [2.45, 2.75) is 13.8 Å². The first kappa shape index (κ1) is 12.7. The second-order valence-corrected chi connectivity index (χ2v) is 3.75. The minimum absolute atomic E-state index is 0.586. The number of hydrogen-bond donors (Lipinski definition) is 0. The fraction of sp³-hybridized carbons (Fsp3) is 0.125. The van der Waals surface area contributed by atoms with Crippen LogP contribution in [0, 0.1) is 22.7 Å². The van der Waals surface area contributed by atoms with E-state index in [0.29, 0.717) is 11.1 Å². The molecule has 0 aliphatic rings. The van der Waals surface area contributed by atoms with E-state index in [2.05, 4.69) is 12.1 Å². The maximum Gasteiger partial charge on any atom is 0.135 e. The largest absolute Gasteiger partial charge is 0.456 e. The zero-order valence-electron chi connectivity index (χ0n) is 10.8. The third kappa shape index (κ3) is 2.14. The highest BCUT2D eigenvalue weighted by molar-refractivity contribution is 6.05. The van der Waals surface area contributed by atoms with Gasteiger partial charge in [0.1, 0.15) is 11.2 Å². The number of nitriles is 2. The van der Waals surface area contributed by atoms with E-state index in [0.717, 1.165) is 21.9 Å². The Kier molecular flexibility index (Phi) is 3.50. The van der Waals surface area contributed by atoms with E-state index in [9.17, 15) is 0 Å². The van der Waals surface area contributed by atoms with Gasteiger partial charge in [-0.1, -0.05) is 13.8 Å². The fourth-order valence-electron chi connectivity index (χ4n) is 1.92. The van der Waals surface area contributed by atoms with Crippen LogP contribution >= 0.6 is 0 Å². The molecule has 0 radical (unpaired) electrons. The van der Waals surface area contributed by atoms with Gasteiger partial charge in [0.05, 0.1) is 23.3 Å². The Hall–Kier alpha value is -2.78. The molecule has 1 heterocycles. The average Bonchev–Trinajstić information content (AvgIpc) is 2.85. The van der Waals surface area contributed by atoms with Gasteiger partial charge in [0, 0.05) is 10.8 Å². The summed E-state index contributed by atoms with van der Waals surface area (Å²) >= 11 is 0. The molecule has 1 aromatic heterocycles. The van der Waals surface area contributed by atoms with Gasteiger partial charge in [-0.05, 0) is 36.4 Å². The first-order valence-electron chi connectivity index (χ1n) is 6.08. The molecule has 0 aliphatic carbocycles. The minimum Gasteiger partial charge on any atom is -0.456 e. The predicted molar refractivity (Wildman–Crippen MR) is 74.5 cm³/mol. The van der Waals surface area contributed by atoms with Crippen LogP contribution < -0.4 is 0 Å². The smallest absolute Gasteiger partial charge is 0.135 e. The van der Waals surface area contributed by atoms with Gasteiger partial charge in [0.25, 0.3) is 0 Å². The third-order valence-electron chi connectivity index (χ3n) is 2.73. The molecule has 0 atom stereocenters. The zero-order chi connectivity index (χ0) is 13.8. The molecule has 2 aromatic carbocycles. The molecular weight excluding hydrogens is 236 g/mol. The van der Waals surface area contributed by atoms with E-state index in [4.69, 9.17) is 14.9 Å². The van der Waals surface area contributed by atoms with Crippen LogP contribution in [0.15, 0.2) is 40.8 Å². The van der Waals surface area contributed by atoms with Crippen LogP contribution in [0.3, 0.4) is 0 Å². The van der Waals surface area contributed by atoms with Gasteiger partial charge in [-0.3, -0.25) is 0 Å². The number of furan rings is 1. The lowest BCUT2D eigenvalue weighted by molar-refractivity contribution is 0.669. The van der Waals surface area contributed by atoms with Crippen LogP contribution in [-0.4, -0.2) is 0 Å². The molecule has 0 spiro atoms. The molecule has 0 saturated carbocycles. The van der Waals surface area contributed by atoms with Crippen molar-refractivity contribution in [3.8, 4) is 12.1 Å². The van der Waals surface area contributed by atoms with Crippen molar-refractivity contribution in [3.63, 3.8) is 0 Å².